The summed E-state index contributed by atoms with van der Waals surface area (Å²) in [7, 11) is -4.15. The molecule has 2 aromatic rings. The minimum Gasteiger partial charge on any atom is -0.454 e. The molecule has 0 saturated heterocycles. The number of aromatic nitrogens is 2. The van der Waals surface area contributed by atoms with E-state index < -0.39 is 33.3 Å². The van der Waals surface area contributed by atoms with Crippen LogP contribution >= 0.6 is 0 Å². The maximum Gasteiger partial charge on any atom is 0.404 e. The van der Waals surface area contributed by atoms with Crippen molar-refractivity contribution in [2.75, 3.05) is 19.8 Å². The molecule has 0 saturated carbocycles. The molecule has 130 valence electrons. The van der Waals surface area contributed by atoms with E-state index >= 15 is 0 Å². The van der Waals surface area contributed by atoms with Crippen molar-refractivity contribution in [2.24, 2.45) is 0 Å². The molecule has 0 bridgehead atoms. The maximum absolute atomic E-state index is 12.5. The van der Waals surface area contributed by atoms with Crippen molar-refractivity contribution in [3.05, 3.63) is 35.2 Å². The van der Waals surface area contributed by atoms with Crippen molar-refractivity contribution >= 4 is 15.7 Å². The number of sulfone groups is 1. The molecule has 1 heterocycles. The van der Waals surface area contributed by atoms with Gasteiger partial charge in [-0.3, -0.25) is 10.0 Å². The number of hydroxylamine groups is 1. The highest BCUT2D eigenvalue weighted by atomic mass is 32.2. The van der Waals surface area contributed by atoms with Gasteiger partial charge in [0.25, 0.3) is 15.7 Å². The monoisotopic (exact) mass is 360 g/mol. The number of rotatable bonds is 8. The highest BCUT2D eigenvalue weighted by Crippen LogP contribution is 2.24. The predicted molar refractivity (Wildman–Crippen MR) is 74.6 cm³/mol. The Kier molecular flexibility index (Phi) is 5.68. The van der Waals surface area contributed by atoms with Gasteiger partial charge in [0.2, 0.25) is 4.60 Å². The molecule has 11 nitrogen and oxygen atoms in total. The van der Waals surface area contributed by atoms with Crippen LogP contribution in [0, 0.1) is 4.91 Å². The summed E-state index contributed by atoms with van der Waals surface area (Å²) in [6.45, 7) is -0.687. The minimum atomic E-state index is -4.15. The van der Waals surface area contributed by atoms with Crippen LogP contribution in [0.1, 0.15) is 0 Å². The molecule has 0 unspecified atom stereocenters. The topological polar surface area (TPSA) is 154 Å². The van der Waals surface area contributed by atoms with Crippen LogP contribution in [0.3, 0.4) is 0 Å². The van der Waals surface area contributed by atoms with E-state index in [1.807, 2.05) is 0 Å². The number of amides is 1. The Morgan fingerprint density at radius 1 is 1.29 bits per heavy atom. The summed E-state index contributed by atoms with van der Waals surface area (Å²) in [6, 6.07) is 7.29. The summed E-state index contributed by atoms with van der Waals surface area (Å²) in [5.74, 6) is -1.15. The van der Waals surface area contributed by atoms with E-state index in [4.69, 9.17) is 14.7 Å². The number of benzene rings is 1. The van der Waals surface area contributed by atoms with Crippen LogP contribution in [-0.2, 0) is 19.4 Å². The molecule has 0 aliphatic carbocycles. The molecule has 2 rings (SSSR count). The summed E-state index contributed by atoms with van der Waals surface area (Å²) < 4.78 is 39.1. The van der Waals surface area contributed by atoms with E-state index in [1.54, 1.807) is 6.07 Å². The van der Waals surface area contributed by atoms with E-state index in [0.717, 1.165) is 0 Å². The van der Waals surface area contributed by atoms with Gasteiger partial charge < -0.3 is 9.47 Å². The lowest BCUT2D eigenvalue weighted by Crippen LogP contribution is -2.25. The number of hydrogen-bond acceptors (Lipinski definition) is 8. The molecule has 3 N–H and O–H groups in total. The lowest BCUT2D eigenvalue weighted by Gasteiger charge is -2.03. The van der Waals surface area contributed by atoms with Crippen molar-refractivity contribution in [3.63, 3.8) is 0 Å². The molecule has 0 aliphatic heterocycles. The van der Waals surface area contributed by atoms with Crippen LogP contribution in [0.15, 0.2) is 44.9 Å². The molecule has 0 spiro atoms. The Balaban J connectivity index is 2.09. The lowest BCUT2D eigenvalue weighted by molar-refractivity contribution is -0.744. The van der Waals surface area contributed by atoms with Gasteiger partial charge in [0, 0.05) is 0 Å². The molecule has 24 heavy (non-hydrogen) atoms. The average molecular weight is 360 g/mol. The van der Waals surface area contributed by atoms with Gasteiger partial charge in [0.1, 0.15) is 13.2 Å². The summed E-state index contributed by atoms with van der Waals surface area (Å²) in [5, 5.41) is 9.60. The quantitative estimate of drug-likeness (QED) is 0.316. The Bertz CT molecular complexity index is 843. The number of hydrogen-bond donors (Lipinski definition) is 3. The Morgan fingerprint density at radius 3 is 2.67 bits per heavy atom. The van der Waals surface area contributed by atoms with Gasteiger partial charge in [-0.05, 0) is 22.2 Å². The Hall–Kier alpha value is -2.70. The Morgan fingerprint density at radius 2 is 2.00 bits per heavy atom. The zero-order valence-electron chi connectivity index (χ0n) is 12.2. The molecule has 1 amide bonds. The fourth-order valence-electron chi connectivity index (χ4n) is 1.67. The molecule has 0 fully saturated rings. The third-order valence-electron chi connectivity index (χ3n) is 2.72. The molecule has 12 heteroatoms. The fraction of sp³-hybridized carbons (Fsp3) is 0.250. The zero-order valence-corrected chi connectivity index (χ0v) is 13.0. The van der Waals surface area contributed by atoms with Gasteiger partial charge in [-0.25, -0.2) is 13.9 Å². The first-order valence-corrected chi connectivity index (χ1v) is 8.03. The van der Waals surface area contributed by atoms with Crippen LogP contribution in [0.5, 0.6) is 5.88 Å². The standard InChI is InChI=1S/C12H13N3O8S/c16-10(13-17)8-21-6-7-22-11-12(15(18)23-14-11)24(19,20)9-4-2-1-3-5-9/h1-5H,6-8H2,(H2-,13,14,16,17,18)/p+1. The summed E-state index contributed by atoms with van der Waals surface area (Å²) in [4.78, 5) is 22.2. The summed E-state index contributed by atoms with van der Waals surface area (Å²) >= 11 is 0. The first-order valence-electron chi connectivity index (χ1n) is 6.55. The van der Waals surface area contributed by atoms with Crippen LogP contribution in [0.2, 0.25) is 0 Å². The second-order valence-electron chi connectivity index (χ2n) is 4.34. The molecule has 0 atom stereocenters. The third-order valence-corrected chi connectivity index (χ3v) is 4.46. The highest BCUT2D eigenvalue weighted by Gasteiger charge is 2.37. The molecule has 0 radical (unpaired) electrons. The van der Waals surface area contributed by atoms with Gasteiger partial charge >= 0.3 is 10.9 Å². The van der Waals surface area contributed by atoms with E-state index in [-0.39, 0.29) is 22.7 Å². The molecule has 1 aromatic heterocycles. The normalized spacial score (nSPS) is 11.2. The number of carbonyl (C=O) groups is 1. The van der Waals surface area contributed by atoms with E-state index in [2.05, 4.69) is 9.79 Å². The van der Waals surface area contributed by atoms with Gasteiger partial charge in [0.05, 0.1) is 11.5 Å². The van der Waals surface area contributed by atoms with Gasteiger partial charge in [-0.2, -0.15) is 0 Å². The largest absolute Gasteiger partial charge is 0.454 e. The number of H-pyrrole nitrogens is 1. The van der Waals surface area contributed by atoms with Crippen molar-refractivity contribution in [3.8, 4) is 5.88 Å². The SMILES string of the molecule is O=C(COCCOc1[nH]o[n+](=O)c1S(=O)(=O)c1ccccc1)NO. The Labute approximate surface area is 135 Å². The van der Waals surface area contributed by atoms with Crippen molar-refractivity contribution in [1.29, 1.82) is 0 Å². The summed E-state index contributed by atoms with van der Waals surface area (Å²) in [6.07, 6.45) is 0. The van der Waals surface area contributed by atoms with Crippen LogP contribution in [-0.4, -0.2) is 44.5 Å². The van der Waals surface area contributed by atoms with Crippen LogP contribution in [0.4, 0.5) is 0 Å². The van der Waals surface area contributed by atoms with E-state index in [0.29, 0.717) is 0 Å². The van der Waals surface area contributed by atoms with Gasteiger partial charge in [-0.15, -0.1) is 0 Å². The van der Waals surface area contributed by atoms with Gasteiger partial charge in [-0.1, -0.05) is 22.8 Å². The number of carbonyl (C=O) groups excluding carboxylic acids is 1. The van der Waals surface area contributed by atoms with E-state index in [9.17, 15) is 18.1 Å². The number of nitrogens with one attached hydrogen (secondary N) is 2. The fourth-order valence-corrected chi connectivity index (χ4v) is 2.99. The maximum atomic E-state index is 12.5. The smallest absolute Gasteiger partial charge is 0.404 e. The second kappa shape index (κ2) is 7.72. The van der Waals surface area contributed by atoms with Crippen molar-refractivity contribution in [2.45, 2.75) is 9.92 Å². The van der Waals surface area contributed by atoms with Crippen LogP contribution in [0.25, 0.3) is 0 Å². The third kappa shape index (κ3) is 3.98. The minimum absolute atomic E-state index is 0.101. The van der Waals surface area contributed by atoms with Crippen molar-refractivity contribution in [1.82, 2.24) is 10.6 Å². The second-order valence-corrected chi connectivity index (χ2v) is 6.20. The average Bonchev–Trinajstić information content (AvgIpc) is 2.96. The number of ether oxygens (including phenoxy) is 2. The van der Waals surface area contributed by atoms with E-state index in [1.165, 1.54) is 29.7 Å². The van der Waals surface area contributed by atoms with Crippen molar-refractivity contribution < 1.29 is 37.1 Å². The predicted octanol–water partition coefficient (Wildman–Crippen LogP) is -0.744. The molecule has 0 aliphatic rings. The van der Waals surface area contributed by atoms with Gasteiger partial charge in [0.15, 0.2) is 0 Å². The molecule has 1 aromatic carbocycles. The van der Waals surface area contributed by atoms with Crippen LogP contribution < -0.4 is 14.8 Å². The zero-order chi connectivity index (χ0) is 17.6. The first-order chi connectivity index (χ1) is 11.5. The lowest BCUT2D eigenvalue weighted by atomic mass is 10.4. The summed E-state index contributed by atoms with van der Waals surface area (Å²) in [5.41, 5.74) is 1.37. The highest BCUT2D eigenvalue weighted by molar-refractivity contribution is 7.91. The number of aromatic amines is 1. The number of nitrogens with zero attached hydrogens (tertiary/aromatic N) is 1. The molecular formula is C12H14N3O8S+. The molecular weight excluding hydrogens is 346 g/mol. The first kappa shape index (κ1) is 17.7.